The van der Waals surface area contributed by atoms with Gasteiger partial charge in [-0.1, -0.05) is 36.4 Å². The van der Waals surface area contributed by atoms with Gasteiger partial charge in [-0.25, -0.2) is 8.42 Å². The van der Waals surface area contributed by atoms with E-state index in [2.05, 4.69) is 10.2 Å². The number of rotatable bonds is 7. The lowest BCUT2D eigenvalue weighted by molar-refractivity contribution is -0.126. The molecule has 2 aromatic carbocycles. The van der Waals surface area contributed by atoms with E-state index in [1.54, 1.807) is 30.3 Å². The molecule has 1 fully saturated rings. The number of carbonyl (C=O) groups is 1. The number of nitrogens with zero attached hydrogens (tertiary/aromatic N) is 2. The Morgan fingerprint density at radius 1 is 1.11 bits per heavy atom. The van der Waals surface area contributed by atoms with Gasteiger partial charge in [0.05, 0.1) is 10.8 Å². The summed E-state index contributed by atoms with van der Waals surface area (Å²) < 4.78 is 27.0. The summed E-state index contributed by atoms with van der Waals surface area (Å²) in [5, 5.41) is 2.96. The molecule has 0 spiro atoms. The Kier molecular flexibility index (Phi) is 6.70. The van der Waals surface area contributed by atoms with Crippen LogP contribution in [-0.4, -0.2) is 51.9 Å². The van der Waals surface area contributed by atoms with E-state index in [-0.39, 0.29) is 23.3 Å². The highest BCUT2D eigenvalue weighted by atomic mass is 32.2. The van der Waals surface area contributed by atoms with Gasteiger partial charge in [-0.15, -0.1) is 0 Å². The van der Waals surface area contributed by atoms with Crippen LogP contribution < -0.4 is 10.2 Å². The first-order valence-corrected chi connectivity index (χ1v) is 11.0. The van der Waals surface area contributed by atoms with Gasteiger partial charge in [0.1, 0.15) is 0 Å². The number of benzene rings is 2. The van der Waals surface area contributed by atoms with Crippen molar-refractivity contribution >= 4 is 21.6 Å². The van der Waals surface area contributed by atoms with Crippen LogP contribution in [0.1, 0.15) is 12.8 Å². The van der Waals surface area contributed by atoms with Crippen LogP contribution in [0.5, 0.6) is 0 Å². The molecule has 1 saturated heterocycles. The quantitative estimate of drug-likeness (QED) is 0.773. The van der Waals surface area contributed by atoms with Gasteiger partial charge >= 0.3 is 0 Å². The molecule has 0 bridgehead atoms. The number of hydrogen-bond acceptors (Lipinski definition) is 4. The zero-order valence-corrected chi connectivity index (χ0v) is 16.9. The summed E-state index contributed by atoms with van der Waals surface area (Å²) in [6, 6.07) is 18.4. The van der Waals surface area contributed by atoms with Gasteiger partial charge in [0.2, 0.25) is 15.9 Å². The molecule has 0 aromatic heterocycles. The summed E-state index contributed by atoms with van der Waals surface area (Å²) in [6.07, 6.45) is 1.40. The van der Waals surface area contributed by atoms with Gasteiger partial charge in [-0.05, 0) is 37.1 Å². The first-order chi connectivity index (χ1) is 13.5. The lowest BCUT2D eigenvalue weighted by atomic mass is 9.99. The van der Waals surface area contributed by atoms with E-state index in [0.29, 0.717) is 32.5 Å². The average molecular weight is 402 g/mol. The van der Waals surface area contributed by atoms with Crippen molar-refractivity contribution in [3.05, 3.63) is 60.7 Å². The molecule has 2 aromatic rings. The molecule has 1 N–H and O–H groups in total. The zero-order valence-electron chi connectivity index (χ0n) is 16.1. The van der Waals surface area contributed by atoms with Crippen LogP contribution in [0.25, 0.3) is 0 Å². The number of sulfonamides is 1. The largest absolute Gasteiger partial charge is 0.373 e. The van der Waals surface area contributed by atoms with E-state index < -0.39 is 10.0 Å². The van der Waals surface area contributed by atoms with Crippen LogP contribution in [-0.2, 0) is 14.8 Å². The third-order valence-electron chi connectivity index (χ3n) is 5.08. The fourth-order valence-corrected chi connectivity index (χ4v) is 4.96. The first kappa shape index (κ1) is 20.4. The number of para-hydroxylation sites is 1. The van der Waals surface area contributed by atoms with Crippen molar-refractivity contribution in [2.45, 2.75) is 17.7 Å². The van der Waals surface area contributed by atoms with Crippen molar-refractivity contribution in [3.63, 3.8) is 0 Å². The van der Waals surface area contributed by atoms with Crippen LogP contribution >= 0.6 is 0 Å². The van der Waals surface area contributed by atoms with Crippen molar-refractivity contribution in [3.8, 4) is 0 Å². The van der Waals surface area contributed by atoms with Crippen LogP contribution in [0.15, 0.2) is 65.6 Å². The molecule has 7 heteroatoms. The molecule has 1 aliphatic heterocycles. The van der Waals surface area contributed by atoms with E-state index in [4.69, 9.17) is 0 Å². The third kappa shape index (κ3) is 4.91. The predicted molar refractivity (Wildman–Crippen MR) is 111 cm³/mol. The van der Waals surface area contributed by atoms with Gasteiger partial charge in [0.25, 0.3) is 0 Å². The van der Waals surface area contributed by atoms with Crippen LogP contribution in [0.2, 0.25) is 0 Å². The molecule has 1 unspecified atom stereocenters. The molecule has 1 atom stereocenters. The van der Waals surface area contributed by atoms with E-state index in [9.17, 15) is 13.2 Å². The summed E-state index contributed by atoms with van der Waals surface area (Å²) in [4.78, 5) is 14.9. The number of carbonyl (C=O) groups excluding carboxylic acids is 1. The lowest BCUT2D eigenvalue weighted by Crippen LogP contribution is -2.46. The summed E-state index contributed by atoms with van der Waals surface area (Å²) in [7, 11) is -1.57. The molecule has 28 heavy (non-hydrogen) atoms. The fourth-order valence-electron chi connectivity index (χ4n) is 3.42. The van der Waals surface area contributed by atoms with E-state index in [0.717, 1.165) is 5.69 Å². The Labute approximate surface area is 167 Å². The molecule has 3 rings (SSSR count). The Hall–Kier alpha value is -2.38. The predicted octanol–water partition coefficient (Wildman–Crippen LogP) is 2.34. The topological polar surface area (TPSA) is 69.7 Å². The molecule has 1 amide bonds. The van der Waals surface area contributed by atoms with Gasteiger partial charge in [0.15, 0.2) is 0 Å². The number of likely N-dealkylation sites (N-methyl/N-ethyl adjacent to an activating group) is 1. The molecule has 0 radical (unpaired) electrons. The minimum atomic E-state index is -3.55. The van der Waals surface area contributed by atoms with Crippen molar-refractivity contribution in [2.75, 3.05) is 38.1 Å². The Morgan fingerprint density at radius 3 is 2.43 bits per heavy atom. The SMILES string of the molecule is CN(CCNC(=O)C1CCCN(S(=O)(=O)c2ccccc2)C1)c1ccccc1. The Bertz CT molecular complexity index is 872. The van der Waals surface area contributed by atoms with E-state index >= 15 is 0 Å². The van der Waals surface area contributed by atoms with E-state index in [1.807, 2.05) is 37.4 Å². The standard InChI is InChI=1S/C21H27N3O3S/c1-23(19-10-4-2-5-11-19)16-14-22-21(25)18-9-8-15-24(17-18)28(26,27)20-12-6-3-7-13-20/h2-7,10-13,18H,8-9,14-17H2,1H3,(H,22,25). The molecule has 150 valence electrons. The highest BCUT2D eigenvalue weighted by Gasteiger charge is 2.33. The average Bonchev–Trinajstić information content (AvgIpc) is 2.75. The molecule has 0 aliphatic carbocycles. The maximum atomic E-state index is 12.8. The Balaban J connectivity index is 1.53. The summed E-state index contributed by atoms with van der Waals surface area (Å²) in [5.41, 5.74) is 1.09. The number of hydrogen-bond donors (Lipinski definition) is 1. The van der Waals surface area contributed by atoms with Crippen LogP contribution in [0, 0.1) is 5.92 Å². The first-order valence-electron chi connectivity index (χ1n) is 9.57. The second kappa shape index (κ2) is 9.21. The summed E-state index contributed by atoms with van der Waals surface area (Å²) in [6.45, 7) is 1.90. The molecule has 1 heterocycles. The number of piperidine rings is 1. The monoisotopic (exact) mass is 401 g/mol. The third-order valence-corrected chi connectivity index (χ3v) is 6.96. The van der Waals surface area contributed by atoms with Crippen LogP contribution in [0.3, 0.4) is 0 Å². The minimum absolute atomic E-state index is 0.0746. The second-order valence-electron chi connectivity index (χ2n) is 7.06. The smallest absolute Gasteiger partial charge is 0.243 e. The van der Waals surface area contributed by atoms with Gasteiger partial charge in [-0.2, -0.15) is 4.31 Å². The van der Waals surface area contributed by atoms with Crippen molar-refractivity contribution < 1.29 is 13.2 Å². The van der Waals surface area contributed by atoms with Gasteiger partial charge in [-0.3, -0.25) is 4.79 Å². The van der Waals surface area contributed by atoms with Crippen molar-refractivity contribution in [1.29, 1.82) is 0 Å². The maximum absolute atomic E-state index is 12.8. The van der Waals surface area contributed by atoms with E-state index in [1.165, 1.54) is 4.31 Å². The van der Waals surface area contributed by atoms with Crippen molar-refractivity contribution in [2.24, 2.45) is 5.92 Å². The molecule has 6 nitrogen and oxygen atoms in total. The highest BCUT2D eigenvalue weighted by Crippen LogP contribution is 2.23. The fraction of sp³-hybridized carbons (Fsp3) is 0.381. The van der Waals surface area contributed by atoms with Crippen molar-refractivity contribution in [1.82, 2.24) is 9.62 Å². The number of anilines is 1. The highest BCUT2D eigenvalue weighted by molar-refractivity contribution is 7.89. The molecule has 0 saturated carbocycles. The minimum Gasteiger partial charge on any atom is -0.373 e. The summed E-state index contributed by atoms with van der Waals surface area (Å²) >= 11 is 0. The van der Waals surface area contributed by atoms with Gasteiger partial charge in [0, 0.05) is 38.9 Å². The number of amides is 1. The molecule has 1 aliphatic rings. The normalized spacial score (nSPS) is 17.8. The molecular weight excluding hydrogens is 374 g/mol. The second-order valence-corrected chi connectivity index (χ2v) is 9.00. The Morgan fingerprint density at radius 2 is 1.75 bits per heavy atom. The maximum Gasteiger partial charge on any atom is 0.243 e. The lowest BCUT2D eigenvalue weighted by Gasteiger charge is -2.31. The number of nitrogens with one attached hydrogen (secondary N) is 1. The summed E-state index contributed by atoms with van der Waals surface area (Å²) in [5.74, 6) is -0.385. The molecular formula is C21H27N3O3S. The van der Waals surface area contributed by atoms with Crippen LogP contribution in [0.4, 0.5) is 5.69 Å². The van der Waals surface area contributed by atoms with Gasteiger partial charge < -0.3 is 10.2 Å². The zero-order chi connectivity index (χ0) is 20.0.